The molecule has 0 unspecified atom stereocenters. The summed E-state index contributed by atoms with van der Waals surface area (Å²) in [6, 6.07) is 5.04. The lowest BCUT2D eigenvalue weighted by Crippen LogP contribution is -2.30. The molecule has 0 aromatic heterocycles. The maximum atomic E-state index is 12.2. The Morgan fingerprint density at radius 2 is 1.89 bits per heavy atom. The van der Waals surface area contributed by atoms with Crippen LogP contribution in [0.4, 0.5) is 0 Å². The van der Waals surface area contributed by atoms with Gasteiger partial charge in [0.1, 0.15) is 5.75 Å². The third-order valence-electron chi connectivity index (χ3n) is 2.98. The fraction of sp³-hybridized carbons (Fsp3) is 0.500. The van der Waals surface area contributed by atoms with E-state index in [1.807, 2.05) is 14.1 Å². The third kappa shape index (κ3) is 3.74. The van der Waals surface area contributed by atoms with Crippen molar-refractivity contribution in [3.8, 4) is 5.75 Å². The number of benzene rings is 1. The van der Waals surface area contributed by atoms with Crippen molar-refractivity contribution in [1.29, 1.82) is 0 Å². The van der Waals surface area contributed by atoms with E-state index in [2.05, 4.69) is 4.90 Å². The maximum absolute atomic E-state index is 12.2. The van der Waals surface area contributed by atoms with Crippen molar-refractivity contribution in [1.82, 2.24) is 9.80 Å². The highest BCUT2D eigenvalue weighted by Crippen LogP contribution is 2.20. The van der Waals surface area contributed by atoms with Gasteiger partial charge in [-0.15, -0.1) is 0 Å². The Labute approximate surface area is 109 Å². The molecule has 1 amide bonds. The van der Waals surface area contributed by atoms with E-state index in [0.717, 1.165) is 13.0 Å². The first-order valence-corrected chi connectivity index (χ1v) is 6.12. The van der Waals surface area contributed by atoms with Gasteiger partial charge < -0.3 is 14.9 Å². The van der Waals surface area contributed by atoms with Crippen LogP contribution in [-0.4, -0.2) is 55.0 Å². The molecule has 18 heavy (non-hydrogen) atoms. The number of phenolic OH excluding ortho intramolecular Hbond substituents is 1. The molecular formula is C14H22N2O2. The molecule has 0 spiro atoms. The summed E-state index contributed by atoms with van der Waals surface area (Å²) < 4.78 is 0. The van der Waals surface area contributed by atoms with Gasteiger partial charge in [0.05, 0.1) is 0 Å². The van der Waals surface area contributed by atoms with Crippen LogP contribution in [-0.2, 0) is 0 Å². The van der Waals surface area contributed by atoms with Crippen LogP contribution in [0, 0.1) is 6.92 Å². The standard InChI is InChI=1S/C14H22N2O2/c1-11-12(7-5-8-13(11)17)14(18)16(4)10-6-9-15(2)3/h5,7-8,17H,6,9-10H2,1-4H3. The van der Waals surface area contributed by atoms with E-state index in [4.69, 9.17) is 0 Å². The monoisotopic (exact) mass is 250 g/mol. The first-order valence-electron chi connectivity index (χ1n) is 6.12. The molecule has 0 aliphatic rings. The van der Waals surface area contributed by atoms with Gasteiger partial charge in [0, 0.05) is 24.7 Å². The largest absolute Gasteiger partial charge is 0.508 e. The van der Waals surface area contributed by atoms with Gasteiger partial charge >= 0.3 is 0 Å². The predicted octanol–water partition coefficient (Wildman–Crippen LogP) is 1.72. The lowest BCUT2D eigenvalue weighted by molar-refractivity contribution is 0.0789. The van der Waals surface area contributed by atoms with Crippen molar-refractivity contribution in [2.75, 3.05) is 34.2 Å². The number of phenols is 1. The average Bonchev–Trinajstić information content (AvgIpc) is 2.31. The summed E-state index contributed by atoms with van der Waals surface area (Å²) in [6.07, 6.45) is 0.938. The van der Waals surface area contributed by atoms with E-state index >= 15 is 0 Å². The Hall–Kier alpha value is -1.55. The van der Waals surface area contributed by atoms with Gasteiger partial charge in [-0.2, -0.15) is 0 Å². The molecule has 0 heterocycles. The molecule has 1 rings (SSSR count). The van der Waals surface area contributed by atoms with E-state index in [1.165, 1.54) is 0 Å². The minimum atomic E-state index is -0.0397. The Morgan fingerprint density at radius 1 is 1.22 bits per heavy atom. The average molecular weight is 250 g/mol. The Balaban J connectivity index is 2.66. The lowest BCUT2D eigenvalue weighted by atomic mass is 10.1. The number of aromatic hydroxyl groups is 1. The van der Waals surface area contributed by atoms with Crippen LogP contribution in [0.3, 0.4) is 0 Å². The van der Waals surface area contributed by atoms with E-state index in [1.54, 1.807) is 37.1 Å². The molecule has 4 heteroatoms. The second kappa shape index (κ2) is 6.40. The van der Waals surface area contributed by atoms with Crippen molar-refractivity contribution in [3.05, 3.63) is 29.3 Å². The van der Waals surface area contributed by atoms with Gasteiger partial charge in [-0.25, -0.2) is 0 Å². The SMILES string of the molecule is Cc1c(O)cccc1C(=O)N(C)CCCN(C)C. The van der Waals surface area contributed by atoms with Crippen LogP contribution in [0.5, 0.6) is 5.75 Å². The number of hydrogen-bond donors (Lipinski definition) is 1. The second-order valence-electron chi connectivity index (χ2n) is 4.83. The Morgan fingerprint density at radius 3 is 2.50 bits per heavy atom. The molecular weight excluding hydrogens is 228 g/mol. The summed E-state index contributed by atoms with van der Waals surface area (Å²) in [5.41, 5.74) is 1.21. The van der Waals surface area contributed by atoms with Crippen molar-refractivity contribution in [2.45, 2.75) is 13.3 Å². The van der Waals surface area contributed by atoms with Crippen molar-refractivity contribution in [3.63, 3.8) is 0 Å². The molecule has 0 atom stereocenters. The second-order valence-corrected chi connectivity index (χ2v) is 4.83. The molecule has 1 aromatic carbocycles. The van der Waals surface area contributed by atoms with Crippen LogP contribution in [0.25, 0.3) is 0 Å². The van der Waals surface area contributed by atoms with Crippen molar-refractivity contribution < 1.29 is 9.90 Å². The summed E-state index contributed by atoms with van der Waals surface area (Å²) in [5.74, 6) is 0.129. The number of carbonyl (C=O) groups excluding carboxylic acids is 1. The molecule has 1 aromatic rings. The van der Waals surface area contributed by atoms with Gasteiger partial charge in [0.15, 0.2) is 0 Å². The van der Waals surface area contributed by atoms with E-state index in [9.17, 15) is 9.90 Å². The minimum absolute atomic E-state index is 0.0397. The summed E-state index contributed by atoms with van der Waals surface area (Å²) in [7, 11) is 5.82. The fourth-order valence-corrected chi connectivity index (χ4v) is 1.79. The molecule has 4 nitrogen and oxygen atoms in total. The highest BCUT2D eigenvalue weighted by Gasteiger charge is 2.15. The van der Waals surface area contributed by atoms with Gasteiger partial charge in [-0.1, -0.05) is 6.07 Å². The third-order valence-corrected chi connectivity index (χ3v) is 2.98. The highest BCUT2D eigenvalue weighted by atomic mass is 16.3. The molecule has 1 N–H and O–H groups in total. The molecule has 0 fully saturated rings. The fourth-order valence-electron chi connectivity index (χ4n) is 1.79. The molecule has 0 radical (unpaired) electrons. The van der Waals surface area contributed by atoms with Crippen LogP contribution in [0.2, 0.25) is 0 Å². The number of amides is 1. The lowest BCUT2D eigenvalue weighted by Gasteiger charge is -2.19. The quantitative estimate of drug-likeness (QED) is 0.865. The number of hydrogen-bond acceptors (Lipinski definition) is 3. The molecule has 0 saturated heterocycles. The van der Waals surface area contributed by atoms with Gasteiger partial charge in [-0.3, -0.25) is 4.79 Å². The first kappa shape index (κ1) is 14.5. The molecule has 0 bridgehead atoms. The van der Waals surface area contributed by atoms with Gasteiger partial charge in [-0.05, 0) is 46.1 Å². The molecule has 0 aliphatic heterocycles. The topological polar surface area (TPSA) is 43.8 Å². The summed E-state index contributed by atoms with van der Waals surface area (Å²) >= 11 is 0. The first-order chi connectivity index (χ1) is 8.43. The summed E-state index contributed by atoms with van der Waals surface area (Å²) in [6.45, 7) is 3.43. The van der Waals surface area contributed by atoms with E-state index in [0.29, 0.717) is 17.7 Å². The van der Waals surface area contributed by atoms with Gasteiger partial charge in [0.25, 0.3) is 5.91 Å². The van der Waals surface area contributed by atoms with Crippen LogP contribution < -0.4 is 0 Å². The molecule has 0 aliphatic carbocycles. The molecule has 100 valence electrons. The number of carbonyl (C=O) groups is 1. The summed E-state index contributed by atoms with van der Waals surface area (Å²) in [5, 5.41) is 9.60. The Kier molecular flexibility index (Phi) is 5.16. The minimum Gasteiger partial charge on any atom is -0.508 e. The zero-order chi connectivity index (χ0) is 13.7. The predicted molar refractivity (Wildman–Crippen MR) is 73.0 cm³/mol. The normalized spacial score (nSPS) is 10.7. The highest BCUT2D eigenvalue weighted by molar-refractivity contribution is 5.96. The zero-order valence-electron chi connectivity index (χ0n) is 11.6. The molecule has 0 saturated carbocycles. The smallest absolute Gasteiger partial charge is 0.253 e. The Bertz CT molecular complexity index is 416. The van der Waals surface area contributed by atoms with Crippen molar-refractivity contribution in [2.24, 2.45) is 0 Å². The zero-order valence-corrected chi connectivity index (χ0v) is 11.6. The van der Waals surface area contributed by atoms with Crippen LogP contribution in [0.1, 0.15) is 22.3 Å². The van der Waals surface area contributed by atoms with Crippen molar-refractivity contribution >= 4 is 5.91 Å². The summed E-state index contributed by atoms with van der Waals surface area (Å²) in [4.78, 5) is 16.0. The van der Waals surface area contributed by atoms with Gasteiger partial charge in [0.2, 0.25) is 0 Å². The van der Waals surface area contributed by atoms with Crippen LogP contribution in [0.15, 0.2) is 18.2 Å². The van der Waals surface area contributed by atoms with E-state index < -0.39 is 0 Å². The number of nitrogens with zero attached hydrogens (tertiary/aromatic N) is 2. The van der Waals surface area contributed by atoms with Crippen LogP contribution >= 0.6 is 0 Å². The number of rotatable bonds is 5. The van der Waals surface area contributed by atoms with E-state index in [-0.39, 0.29) is 11.7 Å². The maximum Gasteiger partial charge on any atom is 0.253 e.